The maximum Gasteiger partial charge on any atom is 0.260 e. The highest BCUT2D eigenvalue weighted by molar-refractivity contribution is 8.03. The van der Waals surface area contributed by atoms with Gasteiger partial charge in [0.2, 0.25) is 0 Å². The fourth-order valence-corrected chi connectivity index (χ4v) is 5.85. The van der Waals surface area contributed by atoms with Crippen LogP contribution in [-0.2, 0) is 20.0 Å². The number of rotatable bonds is 1. The average Bonchev–Trinajstić information content (AvgIpc) is 3.13. The third-order valence-corrected chi connectivity index (χ3v) is 7.25. The summed E-state index contributed by atoms with van der Waals surface area (Å²) in [5.74, 6) is 0.657. The molecular formula is C17H21NO3S2. The summed E-state index contributed by atoms with van der Waals surface area (Å²) in [7, 11) is 0. The molecule has 2 fully saturated rings. The first-order valence-electron chi connectivity index (χ1n) is 8.08. The van der Waals surface area contributed by atoms with Crippen molar-refractivity contribution < 1.29 is 14.3 Å². The first-order chi connectivity index (χ1) is 11.1. The van der Waals surface area contributed by atoms with E-state index in [1.807, 2.05) is 4.90 Å². The van der Waals surface area contributed by atoms with Gasteiger partial charge in [-0.3, -0.25) is 4.79 Å². The predicted octanol–water partition coefficient (Wildman–Crippen LogP) is 3.32. The lowest BCUT2D eigenvalue weighted by molar-refractivity contribution is -0.186. The highest BCUT2D eigenvalue weighted by atomic mass is 32.2. The first-order valence-corrected chi connectivity index (χ1v) is 9.89. The molecule has 1 aromatic rings. The van der Waals surface area contributed by atoms with Crippen LogP contribution in [0.25, 0.3) is 6.08 Å². The first kappa shape index (κ1) is 15.7. The molecule has 4 nitrogen and oxygen atoms in total. The molecule has 0 aliphatic carbocycles. The number of hydrogen-bond acceptors (Lipinski definition) is 5. The van der Waals surface area contributed by atoms with Crippen LogP contribution in [0.3, 0.4) is 0 Å². The Balaban J connectivity index is 1.48. The molecule has 6 heteroatoms. The Kier molecular flexibility index (Phi) is 4.04. The topological polar surface area (TPSA) is 38.8 Å². The molecule has 2 saturated heterocycles. The second kappa shape index (κ2) is 5.92. The van der Waals surface area contributed by atoms with Gasteiger partial charge in [0.1, 0.15) is 0 Å². The zero-order valence-corrected chi connectivity index (χ0v) is 15.1. The molecule has 0 radical (unpaired) electrons. The van der Waals surface area contributed by atoms with Crippen molar-refractivity contribution in [1.82, 2.24) is 4.90 Å². The van der Waals surface area contributed by atoms with Crippen LogP contribution in [-0.4, -0.2) is 42.9 Å². The molecule has 0 unspecified atom stereocenters. The smallest absolute Gasteiger partial charge is 0.260 e. The van der Waals surface area contributed by atoms with Crippen molar-refractivity contribution in [1.29, 1.82) is 0 Å². The Labute approximate surface area is 144 Å². The Morgan fingerprint density at radius 1 is 1.22 bits per heavy atom. The molecule has 23 heavy (non-hydrogen) atoms. The van der Waals surface area contributed by atoms with Gasteiger partial charge in [-0.2, -0.15) is 0 Å². The monoisotopic (exact) mass is 351 g/mol. The van der Waals surface area contributed by atoms with E-state index in [1.165, 1.54) is 20.9 Å². The van der Waals surface area contributed by atoms with Crippen molar-refractivity contribution in [3.05, 3.63) is 25.8 Å². The maximum absolute atomic E-state index is 12.8. The Bertz CT molecular complexity index is 664. The minimum Gasteiger partial charge on any atom is -0.347 e. The van der Waals surface area contributed by atoms with E-state index >= 15 is 0 Å². The van der Waals surface area contributed by atoms with Gasteiger partial charge in [-0.15, -0.1) is 23.1 Å². The number of carbonyl (C=O) groups excluding carboxylic acids is 1. The number of piperidine rings is 1. The second-order valence-corrected chi connectivity index (χ2v) is 8.60. The Morgan fingerprint density at radius 3 is 2.61 bits per heavy atom. The van der Waals surface area contributed by atoms with Gasteiger partial charge in [0.15, 0.2) is 5.79 Å². The van der Waals surface area contributed by atoms with Crippen molar-refractivity contribution in [2.24, 2.45) is 0 Å². The van der Waals surface area contributed by atoms with E-state index in [0.29, 0.717) is 26.3 Å². The molecule has 0 bridgehead atoms. The SMILES string of the molecule is Cc1sc2c(c1C)CSC(C(=O)N1CCC3(CC1)OCCO3)=C2. The Morgan fingerprint density at radius 2 is 1.91 bits per heavy atom. The van der Waals surface area contributed by atoms with E-state index in [-0.39, 0.29) is 5.91 Å². The van der Waals surface area contributed by atoms with Gasteiger partial charge in [0.25, 0.3) is 5.91 Å². The number of amides is 1. The number of fused-ring (bicyclic) bond motifs is 1. The maximum atomic E-state index is 12.8. The number of aryl methyl sites for hydroxylation is 1. The van der Waals surface area contributed by atoms with Crippen LogP contribution in [0.15, 0.2) is 4.91 Å². The van der Waals surface area contributed by atoms with Crippen molar-refractivity contribution in [3.63, 3.8) is 0 Å². The van der Waals surface area contributed by atoms with Gasteiger partial charge >= 0.3 is 0 Å². The fourth-order valence-electron chi connectivity index (χ4n) is 3.42. The minimum absolute atomic E-state index is 0.164. The molecule has 0 saturated carbocycles. The number of nitrogens with zero attached hydrogens (tertiary/aromatic N) is 1. The minimum atomic E-state index is -0.417. The lowest BCUT2D eigenvalue weighted by Crippen LogP contribution is -2.47. The van der Waals surface area contributed by atoms with E-state index in [0.717, 1.165) is 23.5 Å². The van der Waals surface area contributed by atoms with Crippen LogP contribution in [0.4, 0.5) is 0 Å². The standard InChI is InChI=1S/C17H21NO3S2/c1-11-12(2)23-14-9-15(22-10-13(11)14)16(19)18-5-3-17(4-6-18)20-7-8-21-17/h9H,3-8,10H2,1-2H3. The van der Waals surface area contributed by atoms with Gasteiger partial charge in [-0.25, -0.2) is 0 Å². The van der Waals surface area contributed by atoms with Crippen LogP contribution in [0.5, 0.6) is 0 Å². The van der Waals surface area contributed by atoms with Crippen LogP contribution in [0, 0.1) is 13.8 Å². The summed E-state index contributed by atoms with van der Waals surface area (Å²) in [4.78, 5) is 18.3. The quantitative estimate of drug-likeness (QED) is 0.778. The highest BCUT2D eigenvalue weighted by Gasteiger charge is 2.41. The third kappa shape index (κ3) is 2.76. The van der Waals surface area contributed by atoms with Gasteiger partial charge in [0, 0.05) is 41.4 Å². The zero-order chi connectivity index (χ0) is 16.0. The molecule has 124 valence electrons. The number of ether oxygens (including phenoxy) is 2. The third-order valence-electron chi connectivity index (χ3n) is 5.01. The number of carbonyl (C=O) groups is 1. The van der Waals surface area contributed by atoms with E-state index in [4.69, 9.17) is 9.47 Å². The number of hydrogen-bond donors (Lipinski definition) is 0. The summed E-state index contributed by atoms with van der Waals surface area (Å²) in [5, 5.41) is 0. The fraction of sp³-hybridized carbons (Fsp3) is 0.588. The van der Waals surface area contributed by atoms with Crippen LogP contribution in [0.2, 0.25) is 0 Å². The summed E-state index contributed by atoms with van der Waals surface area (Å²) in [6, 6.07) is 0. The van der Waals surface area contributed by atoms with E-state index in [1.54, 1.807) is 23.1 Å². The highest BCUT2D eigenvalue weighted by Crippen LogP contribution is 2.40. The molecule has 0 N–H and O–H groups in total. The normalized spacial score (nSPS) is 23.0. The largest absolute Gasteiger partial charge is 0.347 e. The lowest BCUT2D eigenvalue weighted by Gasteiger charge is -2.38. The molecule has 0 atom stereocenters. The van der Waals surface area contributed by atoms with Crippen LogP contribution < -0.4 is 0 Å². The van der Waals surface area contributed by atoms with Gasteiger partial charge in [0.05, 0.1) is 18.1 Å². The summed E-state index contributed by atoms with van der Waals surface area (Å²) in [6.07, 6.45) is 3.64. The number of thioether (sulfide) groups is 1. The number of thiophene rings is 1. The molecular weight excluding hydrogens is 330 g/mol. The van der Waals surface area contributed by atoms with Crippen LogP contribution in [0.1, 0.15) is 33.7 Å². The summed E-state index contributed by atoms with van der Waals surface area (Å²) >= 11 is 3.47. The molecule has 0 aromatic carbocycles. The lowest BCUT2D eigenvalue weighted by atomic mass is 10.0. The van der Waals surface area contributed by atoms with Crippen molar-refractivity contribution in [3.8, 4) is 0 Å². The summed E-state index contributed by atoms with van der Waals surface area (Å²) < 4.78 is 11.5. The van der Waals surface area contributed by atoms with Gasteiger partial charge in [-0.05, 0) is 31.1 Å². The van der Waals surface area contributed by atoms with Gasteiger partial charge < -0.3 is 14.4 Å². The number of likely N-dealkylation sites (tertiary alicyclic amines) is 1. The van der Waals surface area contributed by atoms with E-state index in [2.05, 4.69) is 19.9 Å². The Hall–Kier alpha value is -0.820. The van der Waals surface area contributed by atoms with E-state index in [9.17, 15) is 4.79 Å². The predicted molar refractivity (Wildman–Crippen MR) is 93.5 cm³/mol. The van der Waals surface area contributed by atoms with Crippen molar-refractivity contribution in [2.45, 2.75) is 38.2 Å². The van der Waals surface area contributed by atoms with Crippen LogP contribution >= 0.6 is 23.1 Å². The van der Waals surface area contributed by atoms with Crippen molar-refractivity contribution >= 4 is 35.1 Å². The molecule has 1 spiro atoms. The molecule has 3 aliphatic rings. The van der Waals surface area contributed by atoms with Crippen molar-refractivity contribution in [2.75, 3.05) is 26.3 Å². The second-order valence-electron chi connectivity index (χ2n) is 6.32. The molecule has 1 aromatic heterocycles. The molecule has 4 rings (SSSR count). The van der Waals surface area contributed by atoms with Gasteiger partial charge in [-0.1, -0.05) is 0 Å². The molecule has 3 aliphatic heterocycles. The molecule has 1 amide bonds. The zero-order valence-electron chi connectivity index (χ0n) is 13.5. The summed E-state index contributed by atoms with van der Waals surface area (Å²) in [6.45, 7) is 7.11. The average molecular weight is 351 g/mol. The molecule has 4 heterocycles. The summed E-state index contributed by atoms with van der Waals surface area (Å²) in [5.41, 5.74) is 2.79. The van der Waals surface area contributed by atoms with E-state index < -0.39 is 5.79 Å².